The van der Waals surface area contributed by atoms with E-state index >= 15 is 0 Å². The third-order valence-corrected chi connectivity index (χ3v) is 8.22. The molecule has 1 aliphatic rings. The van der Waals surface area contributed by atoms with Crippen molar-refractivity contribution < 1.29 is 13.2 Å². The number of piperidine rings is 1. The zero-order valence-electron chi connectivity index (χ0n) is 16.6. The molecule has 2 unspecified atom stereocenters. The summed E-state index contributed by atoms with van der Waals surface area (Å²) in [6.45, 7) is 2.28. The number of ketones is 1. The van der Waals surface area contributed by atoms with Crippen LogP contribution in [0.4, 0.5) is 0 Å². The molecule has 2 aromatic carbocycles. The number of carbonyl (C=O) groups excluding carboxylic acids is 1. The highest BCUT2D eigenvalue weighted by Crippen LogP contribution is 2.32. The van der Waals surface area contributed by atoms with Crippen LogP contribution in [0.1, 0.15) is 37.7 Å². The maximum Gasteiger partial charge on any atom is 0.244 e. The van der Waals surface area contributed by atoms with Crippen LogP contribution in [0.2, 0.25) is 10.0 Å². The van der Waals surface area contributed by atoms with Crippen LogP contribution in [-0.2, 0) is 14.8 Å². The number of sulfonamides is 1. The molecule has 5 nitrogen and oxygen atoms in total. The topological polar surface area (TPSA) is 78.3 Å². The monoisotopic (exact) mass is 466 g/mol. The van der Waals surface area contributed by atoms with Gasteiger partial charge in [-0.25, -0.2) is 8.42 Å². The molecule has 1 aliphatic heterocycles. The fourth-order valence-corrected chi connectivity index (χ4v) is 6.18. The Morgan fingerprint density at radius 2 is 1.77 bits per heavy atom. The van der Waals surface area contributed by atoms with E-state index in [1.807, 2.05) is 25.1 Å². The minimum Gasteiger partial charge on any atom is -0.301 e. The van der Waals surface area contributed by atoms with E-state index in [9.17, 15) is 13.2 Å². The Morgan fingerprint density at radius 1 is 1.13 bits per heavy atom. The molecular formula is C22H24Cl2N2O3S. The third-order valence-electron chi connectivity index (χ3n) is 5.51. The first kappa shape index (κ1) is 22.9. The number of rotatable bonds is 7. The van der Waals surface area contributed by atoms with Crippen molar-refractivity contribution in [2.75, 3.05) is 13.1 Å². The number of benzene rings is 2. The lowest BCUT2D eigenvalue weighted by atomic mass is 9.83. The van der Waals surface area contributed by atoms with Gasteiger partial charge >= 0.3 is 0 Å². The van der Waals surface area contributed by atoms with Gasteiger partial charge in [-0.2, -0.15) is 4.31 Å². The van der Waals surface area contributed by atoms with Gasteiger partial charge in [0.2, 0.25) is 10.0 Å². The van der Waals surface area contributed by atoms with Gasteiger partial charge < -0.3 is 5.41 Å². The summed E-state index contributed by atoms with van der Waals surface area (Å²) in [6.07, 6.45) is 1.66. The van der Waals surface area contributed by atoms with Crippen molar-refractivity contribution >= 4 is 44.7 Å². The van der Waals surface area contributed by atoms with Gasteiger partial charge in [-0.1, -0.05) is 60.5 Å². The molecular weight excluding hydrogens is 443 g/mol. The van der Waals surface area contributed by atoms with Crippen LogP contribution in [0.25, 0.3) is 0 Å². The summed E-state index contributed by atoms with van der Waals surface area (Å²) < 4.78 is 27.4. The molecule has 0 aliphatic carbocycles. The minimum atomic E-state index is -3.81. The molecule has 3 rings (SSSR count). The van der Waals surface area contributed by atoms with Crippen LogP contribution in [-0.4, -0.2) is 37.3 Å². The molecule has 0 spiro atoms. The van der Waals surface area contributed by atoms with Crippen molar-refractivity contribution in [3.63, 3.8) is 0 Å². The van der Waals surface area contributed by atoms with Gasteiger partial charge in [0.1, 0.15) is 4.90 Å². The maximum atomic E-state index is 13.1. The zero-order chi connectivity index (χ0) is 21.9. The summed E-state index contributed by atoms with van der Waals surface area (Å²) in [5, 5.41) is 9.22. The predicted molar refractivity (Wildman–Crippen MR) is 120 cm³/mol. The first-order valence-electron chi connectivity index (χ1n) is 9.89. The first-order valence-corrected chi connectivity index (χ1v) is 12.1. The van der Waals surface area contributed by atoms with E-state index < -0.39 is 21.9 Å². The van der Waals surface area contributed by atoms with Gasteiger partial charge in [-0.05, 0) is 43.0 Å². The highest BCUT2D eigenvalue weighted by molar-refractivity contribution is 7.89. The molecule has 8 heteroatoms. The molecule has 0 bridgehead atoms. The molecule has 1 saturated heterocycles. The summed E-state index contributed by atoms with van der Waals surface area (Å²) in [5.74, 6) is -1.29. The van der Waals surface area contributed by atoms with Gasteiger partial charge in [0, 0.05) is 29.9 Å². The average molecular weight is 467 g/mol. The largest absolute Gasteiger partial charge is 0.301 e. The Hall–Kier alpha value is -1.73. The lowest BCUT2D eigenvalue weighted by molar-refractivity contribution is -0.117. The second-order valence-corrected chi connectivity index (χ2v) is 10.1. The molecule has 160 valence electrons. The van der Waals surface area contributed by atoms with Gasteiger partial charge in [-0.15, -0.1) is 0 Å². The highest BCUT2D eigenvalue weighted by atomic mass is 35.5. The van der Waals surface area contributed by atoms with Crippen molar-refractivity contribution in [3.05, 3.63) is 64.1 Å². The Kier molecular flexibility index (Phi) is 7.34. The fourth-order valence-electron chi connectivity index (χ4n) is 3.90. The van der Waals surface area contributed by atoms with Crippen LogP contribution in [0, 0.1) is 11.3 Å². The van der Waals surface area contributed by atoms with Crippen LogP contribution >= 0.6 is 23.2 Å². The summed E-state index contributed by atoms with van der Waals surface area (Å²) in [6, 6.07) is 13.5. The second kappa shape index (κ2) is 9.60. The number of nitrogens with zero attached hydrogens (tertiary/aromatic N) is 1. The molecule has 2 atom stereocenters. The lowest BCUT2D eigenvalue weighted by Gasteiger charge is -2.32. The van der Waals surface area contributed by atoms with Crippen LogP contribution in [0.3, 0.4) is 0 Å². The van der Waals surface area contributed by atoms with Gasteiger partial charge in [-0.3, -0.25) is 4.79 Å². The minimum absolute atomic E-state index is 0.0207. The normalized spacial score (nSPS) is 18.7. The number of hydrogen-bond acceptors (Lipinski definition) is 4. The lowest BCUT2D eigenvalue weighted by Crippen LogP contribution is -2.44. The van der Waals surface area contributed by atoms with E-state index in [1.54, 1.807) is 18.2 Å². The van der Waals surface area contributed by atoms with E-state index in [1.165, 1.54) is 16.4 Å². The van der Waals surface area contributed by atoms with E-state index in [0.717, 1.165) is 5.56 Å². The van der Waals surface area contributed by atoms with E-state index in [4.69, 9.17) is 28.6 Å². The van der Waals surface area contributed by atoms with Gasteiger partial charge in [0.25, 0.3) is 0 Å². The SMILES string of the molecule is CCC(C(=N)C(=O)C1CCCN(S(=O)(=O)c2ccccc2Cl)C1)c1ccccc1Cl. The summed E-state index contributed by atoms with van der Waals surface area (Å²) in [5.41, 5.74) is 0.726. The summed E-state index contributed by atoms with van der Waals surface area (Å²) in [4.78, 5) is 13.2. The molecule has 0 saturated carbocycles. The molecule has 0 aromatic heterocycles. The molecule has 0 amide bonds. The van der Waals surface area contributed by atoms with Crippen molar-refractivity contribution in [2.45, 2.75) is 37.0 Å². The summed E-state index contributed by atoms with van der Waals surface area (Å²) in [7, 11) is -3.81. The van der Waals surface area contributed by atoms with Crippen LogP contribution < -0.4 is 0 Å². The van der Waals surface area contributed by atoms with Crippen molar-refractivity contribution in [2.24, 2.45) is 5.92 Å². The maximum absolute atomic E-state index is 13.1. The first-order chi connectivity index (χ1) is 14.3. The average Bonchev–Trinajstić information content (AvgIpc) is 2.75. The second-order valence-electron chi connectivity index (χ2n) is 7.39. The van der Waals surface area contributed by atoms with E-state index in [-0.39, 0.29) is 28.0 Å². The number of nitrogens with one attached hydrogen (secondary N) is 1. The molecule has 1 fully saturated rings. The fraction of sp³-hybridized carbons (Fsp3) is 0.364. The van der Waals surface area contributed by atoms with Crippen LogP contribution in [0.5, 0.6) is 0 Å². The number of Topliss-reactive ketones (excluding diaryl/α,β-unsaturated/α-hetero) is 1. The Bertz CT molecular complexity index is 1060. The standard InChI is InChI=1S/C22H24Cl2N2O3S/c1-2-16(17-9-3-4-10-18(17)23)21(25)22(27)15-8-7-13-26(14-15)30(28,29)20-12-6-5-11-19(20)24/h3-6,9-12,15-16,25H,2,7-8,13-14H2,1H3. The van der Waals surface area contributed by atoms with Crippen molar-refractivity contribution in [3.8, 4) is 0 Å². The predicted octanol–water partition coefficient (Wildman–Crippen LogP) is 5.18. The molecule has 30 heavy (non-hydrogen) atoms. The van der Waals surface area contributed by atoms with Crippen molar-refractivity contribution in [1.29, 1.82) is 5.41 Å². The van der Waals surface area contributed by atoms with E-state index in [0.29, 0.717) is 30.8 Å². The van der Waals surface area contributed by atoms with Gasteiger partial charge in [0.05, 0.1) is 10.7 Å². The molecule has 2 aromatic rings. The Morgan fingerprint density at radius 3 is 2.40 bits per heavy atom. The van der Waals surface area contributed by atoms with Crippen molar-refractivity contribution in [1.82, 2.24) is 4.31 Å². The quantitative estimate of drug-likeness (QED) is 0.571. The smallest absolute Gasteiger partial charge is 0.244 e. The highest BCUT2D eigenvalue weighted by Gasteiger charge is 2.36. The molecule has 1 heterocycles. The molecule has 1 N–H and O–H groups in total. The summed E-state index contributed by atoms with van der Waals surface area (Å²) >= 11 is 12.4. The Labute approximate surface area is 187 Å². The van der Waals surface area contributed by atoms with Gasteiger partial charge in [0.15, 0.2) is 5.78 Å². The van der Waals surface area contributed by atoms with E-state index in [2.05, 4.69) is 0 Å². The third kappa shape index (κ3) is 4.62. The Balaban J connectivity index is 1.81. The van der Waals surface area contributed by atoms with Crippen LogP contribution in [0.15, 0.2) is 53.4 Å². The number of hydrogen-bond donors (Lipinski definition) is 1. The zero-order valence-corrected chi connectivity index (χ0v) is 19.0. The molecule has 0 radical (unpaired) electrons. The number of carbonyl (C=O) groups is 1. The number of halogens is 2.